The van der Waals surface area contributed by atoms with Gasteiger partial charge in [-0.25, -0.2) is 4.98 Å². The van der Waals surface area contributed by atoms with E-state index in [4.69, 9.17) is 4.74 Å². The third-order valence-corrected chi connectivity index (χ3v) is 8.86. The molecule has 7 nitrogen and oxygen atoms in total. The number of hydrogen-bond donors (Lipinski definition) is 3. The highest BCUT2D eigenvalue weighted by molar-refractivity contribution is 15.0. The number of carbonyl (C=O) groups excluding carboxylic acids is 2. The van der Waals surface area contributed by atoms with E-state index in [-0.39, 0.29) is 49.2 Å². The number of thiazole rings is 1. The zero-order valence-electron chi connectivity index (χ0n) is 22.9. The minimum Gasteiger partial charge on any atom is -0.392 e. The Morgan fingerprint density at radius 3 is 2.45 bits per heavy atom. The summed E-state index contributed by atoms with van der Waals surface area (Å²) in [5.41, 5.74) is 0.410. The molecule has 38 heavy (non-hydrogen) atoms. The van der Waals surface area contributed by atoms with Crippen LogP contribution in [-0.4, -0.2) is 56.8 Å². The Bertz CT molecular complexity index is 969. The number of halogens is 2. The first kappa shape index (κ1) is 35.9. The minimum absolute atomic E-state index is 0. The van der Waals surface area contributed by atoms with Gasteiger partial charge in [-0.3, -0.25) is 9.59 Å². The molecule has 0 aromatic carbocycles. The van der Waals surface area contributed by atoms with Crippen LogP contribution in [0, 0.1) is 24.2 Å². The van der Waals surface area contributed by atoms with Crippen LogP contribution in [0.3, 0.4) is 0 Å². The summed E-state index contributed by atoms with van der Waals surface area (Å²) in [5.74, 6) is -1.24. The summed E-state index contributed by atoms with van der Waals surface area (Å²) >= 11 is 5.82. The highest BCUT2D eigenvalue weighted by Crippen LogP contribution is 2.44. The number of rotatable bonds is 2. The minimum atomic E-state index is -1.17. The van der Waals surface area contributed by atoms with Gasteiger partial charge in [0.2, 0.25) is 5.91 Å². The van der Waals surface area contributed by atoms with Crippen molar-refractivity contribution in [2.75, 3.05) is 0 Å². The molecule has 0 spiro atoms. The Kier molecular flexibility index (Phi) is 14.3. The van der Waals surface area contributed by atoms with Crippen molar-refractivity contribution in [2.24, 2.45) is 17.3 Å². The van der Waals surface area contributed by atoms with Crippen LogP contribution in [0.1, 0.15) is 91.8 Å². The molecule has 2 aliphatic heterocycles. The largest absolute Gasteiger partial charge is 0.392 e. The van der Waals surface area contributed by atoms with Gasteiger partial charge in [-0.15, -0.1) is 11.3 Å². The van der Waals surface area contributed by atoms with Gasteiger partial charge in [0.25, 0.3) is 0 Å². The van der Waals surface area contributed by atoms with Gasteiger partial charge in [-0.2, -0.15) is 0 Å². The van der Waals surface area contributed by atoms with E-state index >= 15 is 0 Å². The van der Waals surface area contributed by atoms with Crippen molar-refractivity contribution < 1.29 is 24.5 Å². The van der Waals surface area contributed by atoms with Gasteiger partial charge in [0.15, 0.2) is 0 Å². The zero-order chi connectivity index (χ0) is 28.1. The van der Waals surface area contributed by atoms with E-state index in [2.05, 4.69) is 54.5 Å². The number of ether oxygens (including phenoxy) is 1. The highest BCUT2D eigenvalue weighted by atomic mass is 128. The molecular weight excluding hydrogens is 730 g/mol. The van der Waals surface area contributed by atoms with E-state index in [9.17, 15) is 19.8 Å². The van der Waals surface area contributed by atoms with Crippen LogP contribution in [0.25, 0.3) is 6.08 Å². The Hall–Kier alpha value is -0.150. The fraction of sp³-hybridized carbons (Fsp3) is 0.750. The maximum absolute atomic E-state index is 13.2. The van der Waals surface area contributed by atoms with Crippen LogP contribution < -0.4 is 5.32 Å². The molecule has 3 rings (SSSR count). The summed E-state index contributed by atoms with van der Waals surface area (Å²) in [7, 11) is 0. The van der Waals surface area contributed by atoms with Crippen molar-refractivity contribution in [3.8, 4) is 0 Å². The van der Waals surface area contributed by atoms with Crippen molar-refractivity contribution in [2.45, 2.75) is 118 Å². The highest BCUT2D eigenvalue weighted by Gasteiger charge is 2.52. The van der Waals surface area contributed by atoms with Crippen LogP contribution in [0.4, 0.5) is 0 Å². The molecule has 2 fully saturated rings. The smallest absolute Gasteiger partial charge is 0.223 e. The number of Topliss-reactive ketones (excluding diaryl/α,β-unsaturated/α-hetero) is 1. The van der Waals surface area contributed by atoms with Crippen LogP contribution in [0.2, 0.25) is 0 Å². The Balaban J connectivity index is 0.00000235. The molecule has 0 bridgehead atoms. The van der Waals surface area contributed by atoms with E-state index in [1.54, 1.807) is 32.1 Å². The van der Waals surface area contributed by atoms with E-state index in [0.29, 0.717) is 6.42 Å². The predicted molar refractivity (Wildman–Crippen MR) is 173 cm³/mol. The van der Waals surface area contributed by atoms with Crippen LogP contribution in [-0.2, 0) is 14.3 Å². The molecule has 1 aromatic rings. The monoisotopic (exact) mass is 776 g/mol. The topological polar surface area (TPSA) is 112 Å². The van der Waals surface area contributed by atoms with E-state index in [0.717, 1.165) is 35.5 Å². The number of aromatic nitrogens is 1. The van der Waals surface area contributed by atoms with Crippen LogP contribution >= 0.6 is 48.6 Å². The summed E-state index contributed by atoms with van der Waals surface area (Å²) in [4.78, 5) is 30.8. The van der Waals surface area contributed by atoms with E-state index in [1.807, 2.05) is 32.2 Å². The Labute approximate surface area is 256 Å². The number of epoxide rings is 1. The second-order valence-electron chi connectivity index (χ2n) is 11.4. The molecule has 0 radical (unpaired) electrons. The number of aliphatic hydroxyl groups excluding tert-OH is 2. The average Bonchev–Trinajstić information content (AvgIpc) is 3.29. The van der Waals surface area contributed by atoms with Gasteiger partial charge in [-0.1, -0.05) is 41.5 Å². The summed E-state index contributed by atoms with van der Waals surface area (Å²) < 4.78 is 6.10. The number of nitrogens with zero attached hydrogens (tertiary/aromatic N) is 1. The third kappa shape index (κ3) is 9.19. The van der Waals surface area contributed by atoms with Gasteiger partial charge in [0, 0.05) is 55.0 Å². The van der Waals surface area contributed by atoms with Crippen molar-refractivity contribution in [3.63, 3.8) is 0 Å². The SMILES string of the molecule is C.C/C(=C\c1csc(C)n1)C1CC2O[C@]2(C)CCC[C@H](C)[C@H](O)[C@@H](C)C(=O)C(C)(C)[C@@H](O)CC(=O)N1.II. The lowest BCUT2D eigenvalue weighted by atomic mass is 9.72. The first-order valence-corrected chi connectivity index (χ1v) is 20.0. The molecule has 0 saturated carbocycles. The maximum atomic E-state index is 13.2. The van der Waals surface area contributed by atoms with Gasteiger partial charge < -0.3 is 20.3 Å². The van der Waals surface area contributed by atoms with Crippen molar-refractivity contribution >= 4 is 66.3 Å². The van der Waals surface area contributed by atoms with Gasteiger partial charge in [-0.05, 0) is 51.2 Å². The predicted octanol–water partition coefficient (Wildman–Crippen LogP) is 6.46. The summed E-state index contributed by atoms with van der Waals surface area (Å²) in [6.07, 6.45) is 2.99. The van der Waals surface area contributed by atoms with E-state index in [1.165, 1.54) is 0 Å². The van der Waals surface area contributed by atoms with Crippen molar-refractivity contribution in [1.29, 1.82) is 0 Å². The number of aryl methyl sites for hydroxylation is 1. The summed E-state index contributed by atoms with van der Waals surface area (Å²) in [5, 5.41) is 27.8. The lowest BCUT2D eigenvalue weighted by Crippen LogP contribution is -2.47. The Morgan fingerprint density at radius 2 is 1.87 bits per heavy atom. The molecule has 0 aliphatic carbocycles. The molecule has 1 amide bonds. The van der Waals surface area contributed by atoms with Crippen molar-refractivity contribution in [3.05, 3.63) is 21.7 Å². The molecular formula is C28H46I2N2O5S. The van der Waals surface area contributed by atoms with E-state index < -0.39 is 23.5 Å². The molecule has 2 aliphatic rings. The first-order valence-electron chi connectivity index (χ1n) is 12.9. The molecule has 7 atom stereocenters. The number of hydrogen-bond acceptors (Lipinski definition) is 7. The maximum Gasteiger partial charge on any atom is 0.223 e. The van der Waals surface area contributed by atoms with Gasteiger partial charge in [0.1, 0.15) is 5.78 Å². The zero-order valence-corrected chi connectivity index (χ0v) is 28.0. The fourth-order valence-electron chi connectivity index (χ4n) is 5.19. The number of nitrogens with one attached hydrogen (secondary N) is 1. The number of aliphatic hydroxyl groups is 2. The van der Waals surface area contributed by atoms with Gasteiger partial charge in [0.05, 0.1) is 52.5 Å². The first-order chi connectivity index (χ1) is 17.2. The fourth-order valence-corrected chi connectivity index (χ4v) is 5.76. The average molecular weight is 777 g/mol. The lowest BCUT2D eigenvalue weighted by molar-refractivity contribution is -0.143. The summed E-state index contributed by atoms with van der Waals surface area (Å²) in [6, 6.07) is -0.269. The normalized spacial score (nSPS) is 34.7. The molecule has 2 saturated heterocycles. The quantitative estimate of drug-likeness (QED) is 0.235. The summed E-state index contributed by atoms with van der Waals surface area (Å²) in [6.45, 7) is 13.0. The second kappa shape index (κ2) is 15.2. The number of carbonyl (C=O) groups is 2. The number of fused-ring (bicyclic) bond motifs is 1. The second-order valence-corrected chi connectivity index (χ2v) is 12.5. The number of ketones is 1. The van der Waals surface area contributed by atoms with Crippen molar-refractivity contribution in [1.82, 2.24) is 10.3 Å². The molecule has 10 heteroatoms. The Morgan fingerprint density at radius 1 is 1.24 bits per heavy atom. The van der Waals surface area contributed by atoms with Crippen LogP contribution in [0.5, 0.6) is 0 Å². The standard InChI is InChI=1S/C27H42N2O5S.CH4.I2/c1-15-9-8-10-27(7)22(34-27)12-20(16(2)11-19-14-35-18(4)28-19)29-23(31)13-21(30)26(5,6)25(33)17(3)24(15)32;;1-2/h11,14-15,17,20-22,24,30,32H,8-10,12-13H2,1-7H3,(H,29,31);1H4;/b16-11+;;/t15-,17+,20?,21-,22?,24-,27+;;/m0../s1. The molecule has 3 heterocycles. The molecule has 218 valence electrons. The van der Waals surface area contributed by atoms with Gasteiger partial charge >= 0.3 is 0 Å². The number of amides is 1. The molecule has 1 aromatic heterocycles. The molecule has 2 unspecified atom stereocenters. The third-order valence-electron chi connectivity index (χ3n) is 8.07. The lowest BCUT2D eigenvalue weighted by Gasteiger charge is -2.34. The molecule has 3 N–H and O–H groups in total. The van der Waals surface area contributed by atoms with Crippen LogP contribution in [0.15, 0.2) is 11.0 Å².